The number of alkyl halides is 6. The van der Waals surface area contributed by atoms with Crippen LogP contribution in [0.2, 0.25) is 10.0 Å². The number of unbranched alkanes of at least 4 members (excludes halogenated alkanes) is 2. The van der Waals surface area contributed by atoms with Crippen LogP contribution in [0.5, 0.6) is 11.5 Å². The minimum absolute atomic E-state index is 0.0102. The molecule has 2 heterocycles. The van der Waals surface area contributed by atoms with Gasteiger partial charge in [-0.3, -0.25) is 9.59 Å². The van der Waals surface area contributed by atoms with Crippen LogP contribution in [-0.4, -0.2) is 32.1 Å². The van der Waals surface area contributed by atoms with Gasteiger partial charge >= 0.3 is 24.3 Å². The summed E-state index contributed by atoms with van der Waals surface area (Å²) in [4.78, 5) is 31.0. The van der Waals surface area contributed by atoms with E-state index < -0.39 is 41.5 Å². The molecule has 2 atom stereocenters. The van der Waals surface area contributed by atoms with Crippen molar-refractivity contribution in [2.45, 2.75) is 103 Å². The van der Waals surface area contributed by atoms with Gasteiger partial charge in [0.25, 0.3) is 0 Å². The maximum Gasteiger partial charge on any atom is 0.416 e. The fraction of sp³-hybridized carbons (Fsp3) is 0.308. The van der Waals surface area contributed by atoms with E-state index in [1.165, 1.54) is 24.3 Å². The van der Waals surface area contributed by atoms with Crippen molar-refractivity contribution in [2.24, 2.45) is 0 Å². The monoisotopic (exact) mass is 982 g/mol. The van der Waals surface area contributed by atoms with Crippen LogP contribution >= 0.6 is 23.2 Å². The number of hydrogen-bond acceptors (Lipinski definition) is 6. The van der Waals surface area contributed by atoms with Gasteiger partial charge in [-0.1, -0.05) is 98.4 Å². The molecule has 68 heavy (non-hydrogen) atoms. The number of carbonyl (C=O) groups is 2. The molecule has 0 aliphatic heterocycles. The van der Waals surface area contributed by atoms with Crippen LogP contribution in [0.25, 0.3) is 22.5 Å². The second-order valence-electron chi connectivity index (χ2n) is 15.8. The van der Waals surface area contributed by atoms with E-state index in [1.807, 2.05) is 12.1 Å². The van der Waals surface area contributed by atoms with Crippen molar-refractivity contribution >= 4 is 35.1 Å². The molecule has 0 aliphatic carbocycles. The van der Waals surface area contributed by atoms with E-state index in [1.54, 1.807) is 60.7 Å². The molecule has 2 N–H and O–H groups in total. The molecule has 6 rings (SSSR count). The van der Waals surface area contributed by atoms with Crippen molar-refractivity contribution in [1.29, 1.82) is 0 Å². The smallest absolute Gasteiger partial charge is 0.416 e. The maximum absolute atomic E-state index is 12.9. The van der Waals surface area contributed by atoms with E-state index >= 15 is 0 Å². The van der Waals surface area contributed by atoms with Crippen molar-refractivity contribution < 1.29 is 55.6 Å². The molecule has 0 fully saturated rings. The van der Waals surface area contributed by atoms with Crippen molar-refractivity contribution in [2.75, 3.05) is 0 Å². The lowest BCUT2D eigenvalue weighted by Crippen LogP contribution is -2.10. The Balaban J connectivity index is 0.000000254. The normalized spacial score (nSPS) is 12.4. The Kier molecular flexibility index (Phi) is 19.2. The lowest BCUT2D eigenvalue weighted by Gasteiger charge is -2.20. The molecule has 0 unspecified atom stereocenters. The number of aliphatic carboxylic acids is 2. The van der Waals surface area contributed by atoms with Crippen LogP contribution in [0.3, 0.4) is 0 Å². The highest BCUT2D eigenvalue weighted by molar-refractivity contribution is 6.32. The highest BCUT2D eigenvalue weighted by atomic mass is 35.5. The third kappa shape index (κ3) is 16.0. The fourth-order valence-corrected chi connectivity index (χ4v) is 7.48. The average molecular weight is 984 g/mol. The molecule has 0 radical (unpaired) electrons. The second kappa shape index (κ2) is 24.8. The Morgan fingerprint density at radius 1 is 0.588 bits per heavy atom. The number of benzene rings is 4. The maximum atomic E-state index is 12.9. The molecule has 0 saturated carbocycles. The molecule has 16 heteroatoms. The zero-order chi connectivity index (χ0) is 49.4. The summed E-state index contributed by atoms with van der Waals surface area (Å²) in [5, 5.41) is 18.6. The van der Waals surface area contributed by atoms with Gasteiger partial charge < -0.3 is 19.7 Å². The Morgan fingerprint density at radius 2 is 1.07 bits per heavy atom. The fourth-order valence-electron chi connectivity index (χ4n) is 6.97. The standard InChI is InChI=1S/2C26H25ClF3NO3/c1-2-3-7-24(34-23-14-8-17(16-20(23)27)9-15-25(32)33)22-6-4-5-21(31-22)18-10-12-19(13-11-18)26(28,29)30;1-2-3-7-24(34-20-14-10-17(21(27)16-20)11-15-25(32)33)23-6-4-5-22(31-23)18-8-12-19(13-9-18)26(28,29)30/h4-6,8,10-14,16,24H,2-3,7,9,15H2,1H3,(H,32,33);4-6,8-10,12-14,16,24H,2-3,7,11,15H2,1H3,(H,32,33)/t2*24-/m11/s1. The summed E-state index contributed by atoms with van der Waals surface area (Å²) in [6.45, 7) is 4.13. The van der Waals surface area contributed by atoms with Gasteiger partial charge in [-0.25, -0.2) is 9.97 Å². The van der Waals surface area contributed by atoms with Crippen molar-refractivity contribution in [3.63, 3.8) is 0 Å². The molecular weight excluding hydrogens is 933 g/mol. The van der Waals surface area contributed by atoms with E-state index in [-0.39, 0.29) is 18.9 Å². The number of aromatic nitrogens is 2. The number of nitrogens with zero attached hydrogens (tertiary/aromatic N) is 2. The van der Waals surface area contributed by atoms with Gasteiger partial charge in [0.15, 0.2) is 0 Å². The third-order valence-corrected chi connectivity index (χ3v) is 11.3. The van der Waals surface area contributed by atoms with Crippen LogP contribution in [-0.2, 0) is 34.8 Å². The SMILES string of the molecule is CCCC[C@@H](Oc1ccc(CCC(=O)O)c(Cl)c1)c1cccc(-c2ccc(C(F)(F)F)cc2)n1.CCCC[C@@H](Oc1ccc(CCC(=O)O)cc1Cl)c1cccc(-c2ccc(C(F)(F)F)cc2)n1. The summed E-state index contributed by atoms with van der Waals surface area (Å²) in [5.41, 5.74) is 3.67. The molecule has 0 spiro atoms. The molecule has 2 aromatic heterocycles. The summed E-state index contributed by atoms with van der Waals surface area (Å²) >= 11 is 12.7. The molecule has 0 bridgehead atoms. The van der Waals surface area contributed by atoms with Gasteiger partial charge in [0.2, 0.25) is 0 Å². The number of ether oxygens (including phenoxy) is 2. The summed E-state index contributed by atoms with van der Waals surface area (Å²) < 4.78 is 89.7. The van der Waals surface area contributed by atoms with E-state index in [4.69, 9.17) is 42.9 Å². The molecular formula is C52H50Cl2F6N2O6. The molecule has 4 aromatic carbocycles. The van der Waals surface area contributed by atoms with Gasteiger partial charge in [0.1, 0.15) is 23.7 Å². The van der Waals surface area contributed by atoms with Gasteiger partial charge in [0.05, 0.1) is 38.9 Å². The number of carboxylic acid groups (broad SMARTS) is 2. The highest BCUT2D eigenvalue weighted by Gasteiger charge is 2.31. The first-order valence-corrected chi connectivity index (χ1v) is 22.7. The zero-order valence-electron chi connectivity index (χ0n) is 37.2. The molecule has 8 nitrogen and oxygen atoms in total. The predicted molar refractivity (Wildman–Crippen MR) is 250 cm³/mol. The van der Waals surface area contributed by atoms with Crippen LogP contribution in [0, 0.1) is 0 Å². The number of aryl methyl sites for hydroxylation is 2. The lowest BCUT2D eigenvalue weighted by molar-refractivity contribution is -0.138. The van der Waals surface area contributed by atoms with E-state index in [0.29, 0.717) is 81.1 Å². The minimum atomic E-state index is -4.39. The Bertz CT molecular complexity index is 2590. The number of hydrogen-bond donors (Lipinski definition) is 2. The van der Waals surface area contributed by atoms with Crippen LogP contribution in [0.4, 0.5) is 26.3 Å². The van der Waals surface area contributed by atoms with E-state index in [0.717, 1.165) is 61.1 Å². The largest absolute Gasteiger partial charge is 0.484 e. The van der Waals surface area contributed by atoms with E-state index in [9.17, 15) is 35.9 Å². The minimum Gasteiger partial charge on any atom is -0.484 e. The van der Waals surface area contributed by atoms with Crippen molar-refractivity contribution in [3.8, 4) is 34.0 Å². The molecule has 0 aliphatic rings. The Labute approximate surface area is 400 Å². The number of carboxylic acids is 2. The quantitative estimate of drug-likeness (QED) is 0.0726. The Morgan fingerprint density at radius 3 is 1.51 bits per heavy atom. The van der Waals surface area contributed by atoms with Gasteiger partial charge in [-0.15, -0.1) is 0 Å². The van der Waals surface area contributed by atoms with Crippen molar-refractivity contribution in [3.05, 3.63) is 165 Å². The predicted octanol–water partition coefficient (Wildman–Crippen LogP) is 15.5. The lowest BCUT2D eigenvalue weighted by atomic mass is 10.1. The van der Waals surface area contributed by atoms with Gasteiger partial charge in [-0.05, 0) is 122 Å². The summed E-state index contributed by atoms with van der Waals surface area (Å²) in [6, 6.07) is 30.9. The third-order valence-electron chi connectivity index (χ3n) is 10.7. The highest BCUT2D eigenvalue weighted by Crippen LogP contribution is 2.36. The van der Waals surface area contributed by atoms with Gasteiger partial charge in [0, 0.05) is 29.0 Å². The first-order chi connectivity index (χ1) is 32.3. The summed E-state index contributed by atoms with van der Waals surface area (Å²) in [5.74, 6) is -0.777. The van der Waals surface area contributed by atoms with Crippen LogP contribution < -0.4 is 9.47 Å². The van der Waals surface area contributed by atoms with Gasteiger partial charge in [-0.2, -0.15) is 26.3 Å². The second-order valence-corrected chi connectivity index (χ2v) is 16.7. The number of pyridine rings is 2. The number of halogens is 8. The molecule has 6 aromatic rings. The first kappa shape index (κ1) is 52.8. The Hall–Kier alpha value is -6.12. The molecule has 0 saturated heterocycles. The van der Waals surface area contributed by atoms with Crippen LogP contribution in [0.1, 0.15) is 111 Å². The summed E-state index contributed by atoms with van der Waals surface area (Å²) in [6.07, 6.45) is -3.85. The molecule has 0 amide bonds. The first-order valence-electron chi connectivity index (χ1n) is 22.0. The van der Waals surface area contributed by atoms with Crippen LogP contribution in [0.15, 0.2) is 121 Å². The number of rotatable bonds is 20. The van der Waals surface area contributed by atoms with Crippen molar-refractivity contribution in [1.82, 2.24) is 9.97 Å². The molecule has 360 valence electrons. The zero-order valence-corrected chi connectivity index (χ0v) is 38.7. The van der Waals surface area contributed by atoms with E-state index in [2.05, 4.69) is 23.8 Å². The summed E-state index contributed by atoms with van der Waals surface area (Å²) in [7, 11) is 0. The topological polar surface area (TPSA) is 119 Å². The average Bonchev–Trinajstić information content (AvgIpc) is 3.31.